The van der Waals surface area contributed by atoms with Crippen molar-refractivity contribution in [2.24, 2.45) is 0 Å². The van der Waals surface area contributed by atoms with Crippen molar-refractivity contribution in [3.05, 3.63) is 46.9 Å². The van der Waals surface area contributed by atoms with E-state index in [1.165, 1.54) is 38.2 Å². The monoisotopic (exact) mass is 309 g/mol. The van der Waals surface area contributed by atoms with Crippen LogP contribution in [0.25, 0.3) is 22.2 Å². The number of aromatic amines is 1. The van der Waals surface area contributed by atoms with Crippen LogP contribution in [0, 0.1) is 0 Å². The first-order valence-electron chi connectivity index (χ1n) is 8.14. The van der Waals surface area contributed by atoms with Crippen LogP contribution >= 0.6 is 0 Å². The highest BCUT2D eigenvalue weighted by Gasteiger charge is 2.16. The number of anilines is 1. The van der Waals surface area contributed by atoms with Gasteiger partial charge < -0.3 is 14.7 Å². The largest absolute Gasteiger partial charge is 0.424 e. The second kappa shape index (κ2) is 5.91. The van der Waals surface area contributed by atoms with Crippen LogP contribution in [0.1, 0.15) is 32.1 Å². The Bertz CT molecular complexity index is 855. The minimum absolute atomic E-state index is 0.102. The van der Waals surface area contributed by atoms with Crippen molar-refractivity contribution in [2.45, 2.75) is 38.1 Å². The molecule has 0 unspecified atom stereocenters. The van der Waals surface area contributed by atoms with Crippen molar-refractivity contribution < 1.29 is 4.42 Å². The molecule has 4 rings (SSSR count). The SMILES string of the molecule is O=c1ccc(-c2ccc3oc(NC4CCCCC4)nc3c2)c[nH]1. The summed E-state index contributed by atoms with van der Waals surface area (Å²) in [7, 11) is 0. The lowest BCUT2D eigenvalue weighted by Gasteiger charge is -2.21. The summed E-state index contributed by atoms with van der Waals surface area (Å²) in [5, 5.41) is 3.41. The molecular weight excluding hydrogens is 290 g/mol. The number of pyridine rings is 1. The summed E-state index contributed by atoms with van der Waals surface area (Å²) >= 11 is 0. The molecule has 5 nitrogen and oxygen atoms in total. The highest BCUT2D eigenvalue weighted by molar-refractivity contribution is 5.81. The smallest absolute Gasteiger partial charge is 0.295 e. The van der Waals surface area contributed by atoms with Crippen molar-refractivity contribution in [2.75, 3.05) is 5.32 Å². The Hall–Kier alpha value is -2.56. The van der Waals surface area contributed by atoms with Gasteiger partial charge in [0.05, 0.1) is 0 Å². The van der Waals surface area contributed by atoms with Crippen LogP contribution in [0.5, 0.6) is 0 Å². The molecule has 2 aromatic heterocycles. The van der Waals surface area contributed by atoms with Gasteiger partial charge in [0.25, 0.3) is 6.01 Å². The second-order valence-electron chi connectivity index (χ2n) is 6.12. The van der Waals surface area contributed by atoms with E-state index in [4.69, 9.17) is 4.42 Å². The Balaban J connectivity index is 1.61. The number of fused-ring (bicyclic) bond motifs is 1. The first-order valence-corrected chi connectivity index (χ1v) is 8.14. The summed E-state index contributed by atoms with van der Waals surface area (Å²) in [5.74, 6) is 0. The maximum absolute atomic E-state index is 11.2. The molecule has 2 N–H and O–H groups in total. The number of hydrogen-bond donors (Lipinski definition) is 2. The van der Waals surface area contributed by atoms with Crippen molar-refractivity contribution >= 4 is 17.1 Å². The fourth-order valence-corrected chi connectivity index (χ4v) is 3.18. The number of hydrogen-bond acceptors (Lipinski definition) is 4. The van der Waals surface area contributed by atoms with Crippen LogP contribution in [0.3, 0.4) is 0 Å². The van der Waals surface area contributed by atoms with Gasteiger partial charge in [-0.2, -0.15) is 4.98 Å². The van der Waals surface area contributed by atoms with E-state index in [9.17, 15) is 4.79 Å². The number of rotatable bonds is 3. The van der Waals surface area contributed by atoms with Gasteiger partial charge in [-0.05, 0) is 42.2 Å². The summed E-state index contributed by atoms with van der Waals surface area (Å²) < 4.78 is 5.80. The topological polar surface area (TPSA) is 70.9 Å². The van der Waals surface area contributed by atoms with Crippen LogP contribution in [0.4, 0.5) is 6.01 Å². The zero-order valence-corrected chi connectivity index (χ0v) is 12.8. The zero-order chi connectivity index (χ0) is 15.6. The van der Waals surface area contributed by atoms with E-state index in [2.05, 4.69) is 15.3 Å². The van der Waals surface area contributed by atoms with E-state index in [1.54, 1.807) is 12.3 Å². The second-order valence-corrected chi connectivity index (χ2v) is 6.12. The van der Waals surface area contributed by atoms with E-state index < -0.39 is 0 Å². The predicted octanol–water partition coefficient (Wildman–Crippen LogP) is 3.93. The summed E-state index contributed by atoms with van der Waals surface area (Å²) in [6, 6.07) is 10.3. The molecule has 23 heavy (non-hydrogen) atoms. The number of oxazole rings is 1. The highest BCUT2D eigenvalue weighted by atomic mass is 16.4. The number of H-pyrrole nitrogens is 1. The number of nitrogens with one attached hydrogen (secondary N) is 2. The molecule has 0 amide bonds. The Kier molecular flexibility index (Phi) is 3.61. The molecule has 5 heteroatoms. The fraction of sp³-hybridized carbons (Fsp3) is 0.333. The summed E-state index contributed by atoms with van der Waals surface area (Å²) in [6.07, 6.45) is 7.95. The van der Waals surface area contributed by atoms with E-state index in [0.717, 1.165) is 22.2 Å². The van der Waals surface area contributed by atoms with Crippen LogP contribution in [-0.4, -0.2) is 16.0 Å². The molecule has 118 valence electrons. The van der Waals surface area contributed by atoms with E-state index in [-0.39, 0.29) is 5.56 Å². The predicted molar refractivity (Wildman–Crippen MR) is 90.6 cm³/mol. The molecule has 0 bridgehead atoms. The average Bonchev–Trinajstić information content (AvgIpc) is 2.98. The lowest BCUT2D eigenvalue weighted by atomic mass is 9.96. The lowest BCUT2D eigenvalue weighted by Crippen LogP contribution is -2.22. The molecule has 1 aliphatic rings. The standard InChI is InChI=1S/C18H19N3O2/c22-17-9-7-13(11-19-17)12-6-8-16-15(10-12)21-18(23-16)20-14-4-2-1-3-5-14/h6-11,14H,1-5H2,(H,19,22)(H,20,21). The van der Waals surface area contributed by atoms with Gasteiger partial charge >= 0.3 is 0 Å². The lowest BCUT2D eigenvalue weighted by molar-refractivity contribution is 0.451. The minimum atomic E-state index is -0.102. The Morgan fingerprint density at radius 2 is 1.91 bits per heavy atom. The van der Waals surface area contributed by atoms with Gasteiger partial charge in [-0.1, -0.05) is 25.3 Å². The third-order valence-electron chi connectivity index (χ3n) is 4.44. The first-order chi connectivity index (χ1) is 11.3. The van der Waals surface area contributed by atoms with Crippen LogP contribution < -0.4 is 10.9 Å². The maximum atomic E-state index is 11.2. The summed E-state index contributed by atoms with van der Waals surface area (Å²) in [4.78, 5) is 18.4. The van der Waals surface area contributed by atoms with Crippen molar-refractivity contribution in [1.29, 1.82) is 0 Å². The number of nitrogens with zero attached hydrogens (tertiary/aromatic N) is 1. The molecule has 1 aromatic carbocycles. The van der Waals surface area contributed by atoms with Crippen molar-refractivity contribution in [1.82, 2.24) is 9.97 Å². The molecule has 1 saturated carbocycles. The first kappa shape index (κ1) is 14.1. The normalized spacial score (nSPS) is 15.8. The van der Waals surface area contributed by atoms with Gasteiger partial charge in [0.2, 0.25) is 5.56 Å². The quantitative estimate of drug-likeness (QED) is 0.769. The van der Waals surface area contributed by atoms with Crippen LogP contribution in [0.15, 0.2) is 45.7 Å². The molecule has 0 spiro atoms. The van der Waals surface area contributed by atoms with Crippen LogP contribution in [0.2, 0.25) is 0 Å². The zero-order valence-electron chi connectivity index (χ0n) is 12.8. The summed E-state index contributed by atoms with van der Waals surface area (Å²) in [6.45, 7) is 0. The Morgan fingerprint density at radius 1 is 1.09 bits per heavy atom. The van der Waals surface area contributed by atoms with E-state index >= 15 is 0 Å². The van der Waals surface area contributed by atoms with E-state index in [0.29, 0.717) is 12.1 Å². The number of aromatic nitrogens is 2. The van der Waals surface area contributed by atoms with Gasteiger partial charge in [-0.15, -0.1) is 0 Å². The Labute approximate surface area is 133 Å². The summed E-state index contributed by atoms with van der Waals surface area (Å²) in [5.41, 5.74) is 3.46. The Morgan fingerprint density at radius 3 is 2.70 bits per heavy atom. The minimum Gasteiger partial charge on any atom is -0.424 e. The molecule has 0 aliphatic heterocycles. The average molecular weight is 309 g/mol. The fourth-order valence-electron chi connectivity index (χ4n) is 3.18. The molecule has 2 heterocycles. The highest BCUT2D eigenvalue weighted by Crippen LogP contribution is 2.27. The van der Waals surface area contributed by atoms with Crippen molar-refractivity contribution in [3.63, 3.8) is 0 Å². The van der Waals surface area contributed by atoms with Gasteiger partial charge in [0, 0.05) is 18.3 Å². The maximum Gasteiger partial charge on any atom is 0.295 e. The van der Waals surface area contributed by atoms with Crippen LogP contribution in [-0.2, 0) is 0 Å². The van der Waals surface area contributed by atoms with Crippen molar-refractivity contribution in [3.8, 4) is 11.1 Å². The molecule has 1 aliphatic carbocycles. The molecular formula is C18H19N3O2. The van der Waals surface area contributed by atoms with Gasteiger partial charge in [0.15, 0.2) is 5.58 Å². The molecule has 0 atom stereocenters. The molecule has 0 saturated heterocycles. The molecule has 0 radical (unpaired) electrons. The van der Waals surface area contributed by atoms with Gasteiger partial charge in [0.1, 0.15) is 5.52 Å². The third kappa shape index (κ3) is 2.99. The third-order valence-corrected chi connectivity index (χ3v) is 4.44. The van der Waals surface area contributed by atoms with Gasteiger partial charge in [-0.25, -0.2) is 0 Å². The van der Waals surface area contributed by atoms with Gasteiger partial charge in [-0.3, -0.25) is 4.79 Å². The molecule has 1 fully saturated rings. The molecule has 3 aromatic rings. The number of benzene rings is 1. The van der Waals surface area contributed by atoms with E-state index in [1.807, 2.05) is 18.2 Å².